The molecular weight excluding hydrogens is 206 g/mol. The van der Waals surface area contributed by atoms with Crippen molar-refractivity contribution in [1.29, 1.82) is 0 Å². The van der Waals surface area contributed by atoms with Gasteiger partial charge in [-0.3, -0.25) is 9.89 Å². The lowest BCUT2D eigenvalue weighted by Gasteiger charge is -2.03. The number of nitrogens with one attached hydrogen (secondary N) is 2. The molecule has 2 aromatic rings. The molecule has 5 nitrogen and oxygen atoms in total. The number of aromatic hydroxyl groups is 1. The molecule has 5 heteroatoms. The second-order valence-electron chi connectivity index (χ2n) is 3.43. The van der Waals surface area contributed by atoms with Crippen LogP contribution in [0.4, 0.5) is 5.82 Å². The molecule has 0 aliphatic rings. The minimum atomic E-state index is -0.243. The van der Waals surface area contributed by atoms with Crippen molar-refractivity contribution in [2.75, 3.05) is 5.32 Å². The largest absolute Gasteiger partial charge is 0.508 e. The normalized spacial score (nSPS) is 10.1. The van der Waals surface area contributed by atoms with E-state index in [-0.39, 0.29) is 11.7 Å². The Morgan fingerprint density at radius 1 is 1.38 bits per heavy atom. The molecule has 0 saturated heterocycles. The van der Waals surface area contributed by atoms with E-state index in [1.807, 2.05) is 6.92 Å². The zero-order chi connectivity index (χ0) is 11.5. The van der Waals surface area contributed by atoms with Gasteiger partial charge in [0.25, 0.3) is 5.91 Å². The molecule has 0 fully saturated rings. The van der Waals surface area contributed by atoms with Crippen LogP contribution < -0.4 is 5.32 Å². The Bertz CT molecular complexity index is 502. The zero-order valence-corrected chi connectivity index (χ0v) is 8.69. The van der Waals surface area contributed by atoms with Gasteiger partial charge >= 0.3 is 0 Å². The van der Waals surface area contributed by atoms with E-state index in [9.17, 15) is 4.79 Å². The number of benzene rings is 1. The number of carbonyl (C=O) groups is 1. The van der Waals surface area contributed by atoms with Crippen molar-refractivity contribution in [3.05, 3.63) is 41.6 Å². The predicted octanol–water partition coefficient (Wildman–Crippen LogP) is 1.68. The highest BCUT2D eigenvalue weighted by molar-refractivity contribution is 6.04. The number of H-pyrrole nitrogens is 1. The quantitative estimate of drug-likeness (QED) is 0.716. The third-order valence-electron chi connectivity index (χ3n) is 2.20. The van der Waals surface area contributed by atoms with E-state index in [2.05, 4.69) is 15.5 Å². The Kier molecular flexibility index (Phi) is 2.59. The van der Waals surface area contributed by atoms with Crippen molar-refractivity contribution < 1.29 is 9.90 Å². The van der Waals surface area contributed by atoms with Gasteiger partial charge in [0.05, 0.1) is 6.20 Å². The summed E-state index contributed by atoms with van der Waals surface area (Å²) in [5.74, 6) is 0.472. The number of aromatic amines is 1. The number of carbonyl (C=O) groups excluding carboxylic acids is 1. The second-order valence-corrected chi connectivity index (χ2v) is 3.43. The molecule has 0 spiro atoms. The number of hydrogen-bond donors (Lipinski definition) is 3. The van der Waals surface area contributed by atoms with E-state index in [1.54, 1.807) is 18.3 Å². The first-order valence-corrected chi connectivity index (χ1v) is 4.77. The summed E-state index contributed by atoms with van der Waals surface area (Å²) in [4.78, 5) is 11.7. The summed E-state index contributed by atoms with van der Waals surface area (Å²) in [6.45, 7) is 1.84. The molecule has 1 amide bonds. The standard InChI is InChI=1S/C11H11N3O2/c1-7-6-12-14-10(7)13-11(16)8-2-4-9(15)5-3-8/h2-6,15H,1H3,(H2,12,13,14,16). The first-order chi connectivity index (χ1) is 7.66. The number of nitrogens with zero attached hydrogens (tertiary/aromatic N) is 1. The molecule has 0 bridgehead atoms. The van der Waals surface area contributed by atoms with Gasteiger partial charge in [-0.05, 0) is 31.2 Å². The van der Waals surface area contributed by atoms with Gasteiger partial charge in [0, 0.05) is 11.1 Å². The summed E-state index contributed by atoms with van der Waals surface area (Å²) in [6.07, 6.45) is 1.63. The molecule has 0 saturated carbocycles. The van der Waals surface area contributed by atoms with Gasteiger partial charge < -0.3 is 10.4 Å². The van der Waals surface area contributed by atoms with Crippen LogP contribution in [0.5, 0.6) is 5.75 Å². The van der Waals surface area contributed by atoms with Crippen molar-refractivity contribution in [3.63, 3.8) is 0 Å². The molecule has 1 aromatic carbocycles. The maximum absolute atomic E-state index is 11.7. The molecule has 16 heavy (non-hydrogen) atoms. The van der Waals surface area contributed by atoms with Crippen LogP contribution in [0.25, 0.3) is 0 Å². The number of rotatable bonds is 2. The SMILES string of the molecule is Cc1cn[nH]c1NC(=O)c1ccc(O)cc1. The van der Waals surface area contributed by atoms with Crippen LogP contribution >= 0.6 is 0 Å². The molecule has 1 aromatic heterocycles. The average molecular weight is 217 g/mol. The molecule has 2 rings (SSSR count). The summed E-state index contributed by atoms with van der Waals surface area (Å²) in [5, 5.41) is 18.3. The molecule has 1 heterocycles. The minimum Gasteiger partial charge on any atom is -0.508 e. The fraction of sp³-hybridized carbons (Fsp3) is 0.0909. The number of phenols is 1. The van der Waals surface area contributed by atoms with Crippen LogP contribution in [0, 0.1) is 6.92 Å². The Balaban J connectivity index is 2.15. The highest BCUT2D eigenvalue weighted by Crippen LogP contribution is 2.13. The monoisotopic (exact) mass is 217 g/mol. The van der Waals surface area contributed by atoms with Crippen LogP contribution in [0.3, 0.4) is 0 Å². The van der Waals surface area contributed by atoms with Crippen molar-refractivity contribution in [3.8, 4) is 5.75 Å². The summed E-state index contributed by atoms with van der Waals surface area (Å²) in [6, 6.07) is 6.04. The van der Waals surface area contributed by atoms with E-state index in [4.69, 9.17) is 5.11 Å². The topological polar surface area (TPSA) is 78.0 Å². The number of aryl methyl sites for hydroxylation is 1. The van der Waals surface area contributed by atoms with E-state index in [0.717, 1.165) is 5.56 Å². The number of hydrogen-bond acceptors (Lipinski definition) is 3. The van der Waals surface area contributed by atoms with Gasteiger partial charge in [0.1, 0.15) is 11.6 Å². The fourth-order valence-corrected chi connectivity index (χ4v) is 1.27. The maximum Gasteiger partial charge on any atom is 0.256 e. The lowest BCUT2D eigenvalue weighted by molar-refractivity contribution is 0.102. The van der Waals surface area contributed by atoms with Crippen LogP contribution in [0.15, 0.2) is 30.5 Å². The van der Waals surface area contributed by atoms with Gasteiger partial charge in [0.15, 0.2) is 0 Å². The van der Waals surface area contributed by atoms with Crippen molar-refractivity contribution in [2.24, 2.45) is 0 Å². The minimum absolute atomic E-state index is 0.134. The molecule has 82 valence electrons. The highest BCUT2D eigenvalue weighted by atomic mass is 16.3. The van der Waals surface area contributed by atoms with Crippen LogP contribution in [-0.2, 0) is 0 Å². The van der Waals surface area contributed by atoms with Gasteiger partial charge in [-0.2, -0.15) is 5.10 Å². The Morgan fingerprint density at radius 2 is 2.06 bits per heavy atom. The van der Waals surface area contributed by atoms with Gasteiger partial charge in [0.2, 0.25) is 0 Å². The second kappa shape index (κ2) is 4.06. The zero-order valence-electron chi connectivity index (χ0n) is 8.69. The highest BCUT2D eigenvalue weighted by Gasteiger charge is 2.08. The molecule has 3 N–H and O–H groups in total. The fourth-order valence-electron chi connectivity index (χ4n) is 1.27. The third-order valence-corrected chi connectivity index (χ3v) is 2.20. The van der Waals surface area contributed by atoms with E-state index in [1.165, 1.54) is 12.1 Å². The van der Waals surface area contributed by atoms with E-state index < -0.39 is 0 Å². The van der Waals surface area contributed by atoms with Gasteiger partial charge in [-0.1, -0.05) is 0 Å². The Hall–Kier alpha value is -2.30. The molecular formula is C11H11N3O2. The number of phenolic OH excluding ortho intramolecular Hbond substituents is 1. The lowest BCUT2D eigenvalue weighted by Crippen LogP contribution is -2.12. The van der Waals surface area contributed by atoms with Crippen LogP contribution in [-0.4, -0.2) is 21.2 Å². The molecule has 0 aliphatic heterocycles. The summed E-state index contributed by atoms with van der Waals surface area (Å²) >= 11 is 0. The lowest BCUT2D eigenvalue weighted by atomic mass is 10.2. The van der Waals surface area contributed by atoms with E-state index >= 15 is 0 Å². The molecule has 0 radical (unpaired) electrons. The van der Waals surface area contributed by atoms with E-state index in [0.29, 0.717) is 11.4 Å². The average Bonchev–Trinajstić information content (AvgIpc) is 2.65. The number of amides is 1. The summed E-state index contributed by atoms with van der Waals surface area (Å²) in [5.41, 5.74) is 1.35. The number of aromatic nitrogens is 2. The van der Waals surface area contributed by atoms with Gasteiger partial charge in [-0.15, -0.1) is 0 Å². The Morgan fingerprint density at radius 3 is 2.62 bits per heavy atom. The van der Waals surface area contributed by atoms with Gasteiger partial charge in [-0.25, -0.2) is 0 Å². The first-order valence-electron chi connectivity index (χ1n) is 4.77. The Labute approximate surface area is 92.1 Å². The molecule has 0 aliphatic carbocycles. The van der Waals surface area contributed by atoms with Crippen molar-refractivity contribution in [1.82, 2.24) is 10.2 Å². The predicted molar refractivity (Wildman–Crippen MR) is 59.4 cm³/mol. The van der Waals surface area contributed by atoms with Crippen LogP contribution in [0.1, 0.15) is 15.9 Å². The van der Waals surface area contributed by atoms with Crippen LogP contribution in [0.2, 0.25) is 0 Å². The first kappa shape index (κ1) is 10.2. The summed E-state index contributed by atoms with van der Waals surface area (Å²) in [7, 11) is 0. The third kappa shape index (κ3) is 2.03. The maximum atomic E-state index is 11.7. The number of anilines is 1. The van der Waals surface area contributed by atoms with Crippen molar-refractivity contribution in [2.45, 2.75) is 6.92 Å². The smallest absolute Gasteiger partial charge is 0.256 e. The summed E-state index contributed by atoms with van der Waals surface area (Å²) < 4.78 is 0. The molecule has 0 unspecified atom stereocenters. The van der Waals surface area contributed by atoms with Crippen molar-refractivity contribution >= 4 is 11.7 Å². The molecule has 0 atom stereocenters.